The summed E-state index contributed by atoms with van der Waals surface area (Å²) < 4.78 is 5.26. The predicted molar refractivity (Wildman–Crippen MR) is 91.0 cm³/mol. The van der Waals surface area contributed by atoms with Crippen LogP contribution < -0.4 is 0 Å². The topological polar surface area (TPSA) is 32.7 Å². The van der Waals surface area contributed by atoms with Crippen LogP contribution in [0, 0.1) is 5.41 Å². The van der Waals surface area contributed by atoms with Crippen LogP contribution in [0.4, 0.5) is 0 Å². The lowest BCUT2D eigenvalue weighted by Gasteiger charge is -2.43. The van der Waals surface area contributed by atoms with E-state index in [1.165, 1.54) is 5.56 Å². The molecule has 1 atom stereocenters. The Labute approximate surface area is 135 Å². The van der Waals surface area contributed by atoms with Crippen molar-refractivity contribution in [2.24, 2.45) is 5.41 Å². The molecule has 1 heterocycles. The number of ether oxygens (including phenoxy) is 1. The normalized spacial score (nSPS) is 20.0. The van der Waals surface area contributed by atoms with Crippen molar-refractivity contribution in [3.63, 3.8) is 0 Å². The zero-order valence-electron chi connectivity index (χ0n) is 14.1. The van der Waals surface area contributed by atoms with Gasteiger partial charge in [0, 0.05) is 19.8 Å². The maximum Gasteiger partial charge on any atom is 0.0615 e. The number of aliphatic hydroxyl groups excluding tert-OH is 1. The molecule has 0 amide bonds. The Morgan fingerprint density at radius 1 is 1.23 bits per heavy atom. The van der Waals surface area contributed by atoms with Gasteiger partial charge in [-0.2, -0.15) is 0 Å². The molecule has 0 unspecified atom stereocenters. The fraction of sp³-hybridized carbons (Fsp3) is 0.684. The third-order valence-corrected chi connectivity index (χ3v) is 5.24. The molecule has 124 valence electrons. The van der Waals surface area contributed by atoms with Crippen LogP contribution in [0.25, 0.3) is 0 Å². The summed E-state index contributed by atoms with van der Waals surface area (Å²) in [6.45, 7) is 5.51. The molecule has 1 aliphatic rings. The Bertz CT molecular complexity index is 413. The molecule has 1 saturated heterocycles. The summed E-state index contributed by atoms with van der Waals surface area (Å²) in [6, 6.07) is 11.1. The summed E-state index contributed by atoms with van der Waals surface area (Å²) in [5, 5.41) is 9.92. The highest BCUT2D eigenvalue weighted by Gasteiger charge is 2.34. The SMILES string of the molecule is COC[C@H](C)N1CCC(CO)(CCCc2ccccc2)CC1. The van der Waals surface area contributed by atoms with Gasteiger partial charge in [-0.3, -0.25) is 4.90 Å². The van der Waals surface area contributed by atoms with E-state index in [4.69, 9.17) is 4.74 Å². The van der Waals surface area contributed by atoms with Crippen molar-refractivity contribution in [3.8, 4) is 0 Å². The first-order valence-corrected chi connectivity index (χ1v) is 8.57. The number of piperidine rings is 1. The summed E-state index contributed by atoms with van der Waals surface area (Å²) in [4.78, 5) is 2.49. The van der Waals surface area contributed by atoms with Crippen LogP contribution in [-0.2, 0) is 11.2 Å². The highest BCUT2D eigenvalue weighted by molar-refractivity contribution is 5.14. The van der Waals surface area contributed by atoms with E-state index in [9.17, 15) is 5.11 Å². The van der Waals surface area contributed by atoms with Gasteiger partial charge in [-0.05, 0) is 63.1 Å². The van der Waals surface area contributed by atoms with Crippen LogP contribution in [0.5, 0.6) is 0 Å². The van der Waals surface area contributed by atoms with Crippen LogP contribution in [-0.4, -0.2) is 49.5 Å². The lowest BCUT2D eigenvalue weighted by molar-refractivity contribution is 0.00728. The van der Waals surface area contributed by atoms with Crippen molar-refractivity contribution < 1.29 is 9.84 Å². The third kappa shape index (κ3) is 4.80. The van der Waals surface area contributed by atoms with E-state index < -0.39 is 0 Å². The maximum atomic E-state index is 9.92. The molecule has 0 spiro atoms. The Morgan fingerprint density at radius 2 is 1.91 bits per heavy atom. The molecule has 1 N–H and O–H groups in total. The number of methoxy groups -OCH3 is 1. The van der Waals surface area contributed by atoms with Gasteiger partial charge in [-0.25, -0.2) is 0 Å². The van der Waals surface area contributed by atoms with Gasteiger partial charge < -0.3 is 9.84 Å². The first-order chi connectivity index (χ1) is 10.7. The smallest absolute Gasteiger partial charge is 0.0615 e. The molecule has 0 bridgehead atoms. The fourth-order valence-electron chi connectivity index (χ4n) is 3.59. The van der Waals surface area contributed by atoms with E-state index in [0.717, 1.165) is 51.8 Å². The van der Waals surface area contributed by atoms with E-state index in [-0.39, 0.29) is 5.41 Å². The lowest BCUT2D eigenvalue weighted by Crippen LogP contribution is -2.47. The average molecular weight is 305 g/mol. The number of aliphatic hydroxyl groups is 1. The minimum absolute atomic E-state index is 0.137. The Kier molecular flexibility index (Phi) is 6.87. The highest BCUT2D eigenvalue weighted by Crippen LogP contribution is 2.36. The zero-order valence-corrected chi connectivity index (χ0v) is 14.1. The first kappa shape index (κ1) is 17.5. The summed E-state index contributed by atoms with van der Waals surface area (Å²) in [7, 11) is 1.77. The number of likely N-dealkylation sites (tertiary alicyclic amines) is 1. The Morgan fingerprint density at radius 3 is 2.50 bits per heavy atom. The Hall–Kier alpha value is -0.900. The number of aryl methyl sites for hydroxylation is 1. The summed E-state index contributed by atoms with van der Waals surface area (Å²) in [6.07, 6.45) is 5.62. The molecule has 1 aromatic carbocycles. The summed E-state index contributed by atoms with van der Waals surface area (Å²) in [5.41, 5.74) is 1.54. The fourth-order valence-corrected chi connectivity index (χ4v) is 3.59. The summed E-state index contributed by atoms with van der Waals surface area (Å²) >= 11 is 0. The van der Waals surface area contributed by atoms with E-state index >= 15 is 0 Å². The molecule has 1 fully saturated rings. The molecule has 0 aromatic heterocycles. The van der Waals surface area contributed by atoms with Gasteiger partial charge in [-0.15, -0.1) is 0 Å². The maximum absolute atomic E-state index is 9.92. The highest BCUT2D eigenvalue weighted by atomic mass is 16.5. The van der Waals surface area contributed by atoms with Gasteiger partial charge in [0.05, 0.1) is 6.61 Å². The molecule has 0 radical (unpaired) electrons. The zero-order chi connectivity index (χ0) is 15.8. The molecule has 3 heteroatoms. The molecule has 3 nitrogen and oxygen atoms in total. The van der Waals surface area contributed by atoms with E-state index in [0.29, 0.717) is 12.6 Å². The molecule has 1 aliphatic heterocycles. The van der Waals surface area contributed by atoms with Gasteiger partial charge in [0.15, 0.2) is 0 Å². The quantitative estimate of drug-likeness (QED) is 0.801. The second-order valence-electron chi connectivity index (χ2n) is 6.84. The van der Waals surface area contributed by atoms with Gasteiger partial charge in [0.25, 0.3) is 0 Å². The third-order valence-electron chi connectivity index (χ3n) is 5.24. The van der Waals surface area contributed by atoms with Crippen molar-refractivity contribution in [1.29, 1.82) is 0 Å². The molecule has 22 heavy (non-hydrogen) atoms. The largest absolute Gasteiger partial charge is 0.396 e. The molecule has 0 aliphatic carbocycles. The Balaban J connectivity index is 1.79. The monoisotopic (exact) mass is 305 g/mol. The number of nitrogens with zero attached hydrogens (tertiary/aromatic N) is 1. The van der Waals surface area contributed by atoms with Gasteiger partial charge in [0.1, 0.15) is 0 Å². The average Bonchev–Trinajstić information content (AvgIpc) is 2.56. The molecule has 0 saturated carbocycles. The van der Waals surface area contributed by atoms with Crippen molar-refractivity contribution in [3.05, 3.63) is 35.9 Å². The number of hydrogen-bond donors (Lipinski definition) is 1. The van der Waals surface area contributed by atoms with E-state index in [1.807, 2.05) is 0 Å². The lowest BCUT2D eigenvalue weighted by atomic mass is 9.74. The standard InChI is InChI=1S/C19H31NO2/c1-17(15-22-2)20-13-11-19(16-21,12-14-20)10-6-9-18-7-4-3-5-8-18/h3-5,7-8,17,21H,6,9-16H2,1-2H3/t17-/m0/s1. The van der Waals surface area contributed by atoms with Crippen LogP contribution >= 0.6 is 0 Å². The van der Waals surface area contributed by atoms with Crippen molar-refractivity contribution >= 4 is 0 Å². The molecule has 2 rings (SSSR count). The molecular weight excluding hydrogens is 274 g/mol. The minimum Gasteiger partial charge on any atom is -0.396 e. The minimum atomic E-state index is 0.137. The first-order valence-electron chi connectivity index (χ1n) is 8.57. The van der Waals surface area contributed by atoms with Crippen molar-refractivity contribution in [1.82, 2.24) is 4.90 Å². The molecule has 1 aromatic rings. The second kappa shape index (κ2) is 8.66. The van der Waals surface area contributed by atoms with Gasteiger partial charge >= 0.3 is 0 Å². The molecular formula is C19H31NO2. The van der Waals surface area contributed by atoms with Crippen LogP contribution in [0.15, 0.2) is 30.3 Å². The van der Waals surface area contributed by atoms with E-state index in [1.54, 1.807) is 7.11 Å². The predicted octanol–water partition coefficient (Wildman–Crippen LogP) is 3.12. The van der Waals surface area contributed by atoms with Crippen molar-refractivity contribution in [2.45, 2.75) is 45.1 Å². The van der Waals surface area contributed by atoms with Crippen LogP contribution in [0.1, 0.15) is 38.2 Å². The number of rotatable bonds is 8. The summed E-state index contributed by atoms with van der Waals surface area (Å²) in [5.74, 6) is 0. The second-order valence-corrected chi connectivity index (χ2v) is 6.84. The van der Waals surface area contributed by atoms with Crippen LogP contribution in [0.3, 0.4) is 0 Å². The van der Waals surface area contributed by atoms with Gasteiger partial charge in [0.2, 0.25) is 0 Å². The van der Waals surface area contributed by atoms with Crippen LogP contribution in [0.2, 0.25) is 0 Å². The number of hydrogen-bond acceptors (Lipinski definition) is 3. The van der Waals surface area contributed by atoms with E-state index in [2.05, 4.69) is 42.2 Å². The van der Waals surface area contributed by atoms with Gasteiger partial charge in [-0.1, -0.05) is 30.3 Å². The van der Waals surface area contributed by atoms with Crippen molar-refractivity contribution in [2.75, 3.05) is 33.4 Å². The number of benzene rings is 1.